The van der Waals surface area contributed by atoms with Crippen molar-refractivity contribution in [2.75, 3.05) is 13.1 Å². The summed E-state index contributed by atoms with van der Waals surface area (Å²) in [5.74, 6) is 4.11. The zero-order valence-electron chi connectivity index (χ0n) is 16.4. The molecule has 0 N–H and O–H groups in total. The second kappa shape index (κ2) is 7.69. The van der Waals surface area contributed by atoms with Gasteiger partial charge in [0, 0.05) is 12.6 Å². The molecular weight excluding hydrogens is 308 g/mol. The fraction of sp³-hybridized carbons (Fsp3) is 0.619. The Morgan fingerprint density at radius 3 is 2.48 bits per heavy atom. The molecule has 1 aromatic carbocycles. The number of rotatable bonds is 5. The second-order valence-electron chi connectivity index (χ2n) is 8.11. The van der Waals surface area contributed by atoms with Crippen molar-refractivity contribution >= 4 is 0 Å². The zero-order chi connectivity index (χ0) is 18.0. The summed E-state index contributed by atoms with van der Waals surface area (Å²) in [5.41, 5.74) is 2.45. The quantitative estimate of drug-likeness (QED) is 0.805. The molecule has 1 aliphatic rings. The summed E-state index contributed by atoms with van der Waals surface area (Å²) < 4.78 is 1.95. The third-order valence-electron chi connectivity index (χ3n) is 5.60. The fourth-order valence-corrected chi connectivity index (χ4v) is 3.69. The van der Waals surface area contributed by atoms with Crippen LogP contribution in [0.25, 0.3) is 11.4 Å². The van der Waals surface area contributed by atoms with Crippen LogP contribution in [0.3, 0.4) is 0 Å². The fourth-order valence-electron chi connectivity index (χ4n) is 3.69. The molecule has 136 valence electrons. The molecule has 0 amide bonds. The number of piperidine rings is 1. The first-order valence-electron chi connectivity index (χ1n) is 9.66. The molecule has 0 radical (unpaired) electrons. The Bertz CT molecular complexity index is 694. The molecule has 0 aliphatic carbocycles. The van der Waals surface area contributed by atoms with Gasteiger partial charge in [0.05, 0.1) is 6.54 Å². The smallest absolute Gasteiger partial charge is 0.181 e. The molecule has 2 heterocycles. The topological polar surface area (TPSA) is 34.0 Å². The van der Waals surface area contributed by atoms with Crippen LogP contribution in [-0.4, -0.2) is 32.8 Å². The van der Waals surface area contributed by atoms with Crippen molar-refractivity contribution in [3.05, 3.63) is 35.7 Å². The van der Waals surface area contributed by atoms with Gasteiger partial charge in [0.2, 0.25) is 0 Å². The van der Waals surface area contributed by atoms with Gasteiger partial charge in [0.25, 0.3) is 0 Å². The van der Waals surface area contributed by atoms with Gasteiger partial charge in [-0.3, -0.25) is 9.58 Å². The van der Waals surface area contributed by atoms with Crippen molar-refractivity contribution in [3.63, 3.8) is 0 Å². The average molecular weight is 341 g/mol. The molecule has 0 atom stereocenters. The van der Waals surface area contributed by atoms with Gasteiger partial charge in [-0.2, -0.15) is 5.10 Å². The molecule has 1 aliphatic heterocycles. The summed E-state index contributed by atoms with van der Waals surface area (Å²) in [7, 11) is 2.01. The summed E-state index contributed by atoms with van der Waals surface area (Å²) in [4.78, 5) is 7.36. The first-order valence-corrected chi connectivity index (χ1v) is 9.66. The van der Waals surface area contributed by atoms with Crippen LogP contribution in [0.15, 0.2) is 24.3 Å². The highest BCUT2D eigenvalue weighted by Crippen LogP contribution is 2.26. The molecule has 0 bridgehead atoms. The van der Waals surface area contributed by atoms with Crippen molar-refractivity contribution in [2.45, 2.75) is 53.0 Å². The third-order valence-corrected chi connectivity index (χ3v) is 5.60. The van der Waals surface area contributed by atoms with E-state index in [0.29, 0.717) is 5.92 Å². The van der Waals surface area contributed by atoms with Crippen molar-refractivity contribution < 1.29 is 0 Å². The average Bonchev–Trinajstić information content (AvgIpc) is 2.96. The standard InChI is InChI=1S/C21H32N4/c1-15(2)17-9-11-25(12-10-17)14-20-22-21(23-24(20)5)19-8-6-7-18(13-19)16(3)4/h6-8,13,15-17H,9-12,14H2,1-5H3. The van der Waals surface area contributed by atoms with Crippen LogP contribution < -0.4 is 0 Å². The van der Waals surface area contributed by atoms with Crippen LogP contribution in [0.1, 0.15) is 57.8 Å². The summed E-state index contributed by atoms with van der Waals surface area (Å²) in [6.45, 7) is 12.4. The SMILES string of the molecule is CC(C)c1cccc(-c2nc(CN3CCC(C(C)C)CC3)n(C)n2)c1. The predicted molar refractivity (Wildman–Crippen MR) is 103 cm³/mol. The molecule has 3 rings (SSSR count). The second-order valence-corrected chi connectivity index (χ2v) is 8.11. The van der Waals surface area contributed by atoms with Crippen LogP contribution >= 0.6 is 0 Å². The van der Waals surface area contributed by atoms with E-state index in [9.17, 15) is 0 Å². The summed E-state index contributed by atoms with van der Waals surface area (Å²) >= 11 is 0. The molecule has 4 heteroatoms. The Balaban J connectivity index is 1.70. The van der Waals surface area contributed by atoms with Gasteiger partial charge < -0.3 is 0 Å². The summed E-state index contributed by atoms with van der Waals surface area (Å²) in [6.07, 6.45) is 2.61. The maximum absolute atomic E-state index is 4.84. The number of hydrogen-bond acceptors (Lipinski definition) is 3. The lowest BCUT2D eigenvalue weighted by atomic mass is 9.87. The van der Waals surface area contributed by atoms with Crippen LogP contribution in [-0.2, 0) is 13.6 Å². The lowest BCUT2D eigenvalue weighted by Crippen LogP contribution is -2.35. The predicted octanol–water partition coefficient (Wildman–Crippen LogP) is 4.47. The van der Waals surface area contributed by atoms with Gasteiger partial charge in [0.1, 0.15) is 5.82 Å². The van der Waals surface area contributed by atoms with E-state index in [1.807, 2.05) is 11.7 Å². The summed E-state index contributed by atoms with van der Waals surface area (Å²) in [6, 6.07) is 8.62. The highest BCUT2D eigenvalue weighted by atomic mass is 15.3. The molecule has 2 aromatic rings. The van der Waals surface area contributed by atoms with E-state index in [1.54, 1.807) is 0 Å². The number of aryl methyl sites for hydroxylation is 1. The Kier molecular flexibility index (Phi) is 5.57. The highest BCUT2D eigenvalue weighted by Gasteiger charge is 2.23. The van der Waals surface area contributed by atoms with Gasteiger partial charge in [-0.1, -0.05) is 45.9 Å². The minimum Gasteiger partial charge on any atom is -0.296 e. The lowest BCUT2D eigenvalue weighted by Gasteiger charge is -2.33. The third kappa shape index (κ3) is 4.30. The maximum Gasteiger partial charge on any atom is 0.181 e. The van der Waals surface area contributed by atoms with Crippen LogP contribution in [0, 0.1) is 11.8 Å². The highest BCUT2D eigenvalue weighted by molar-refractivity contribution is 5.56. The Morgan fingerprint density at radius 1 is 1.12 bits per heavy atom. The molecule has 1 saturated heterocycles. The minimum absolute atomic E-state index is 0.519. The Labute approximate surface area is 152 Å². The molecule has 0 spiro atoms. The van der Waals surface area contributed by atoms with Gasteiger partial charge in [-0.25, -0.2) is 4.98 Å². The van der Waals surface area contributed by atoms with Crippen molar-refractivity contribution in [1.29, 1.82) is 0 Å². The van der Waals surface area contributed by atoms with E-state index < -0.39 is 0 Å². The van der Waals surface area contributed by atoms with Crippen molar-refractivity contribution in [1.82, 2.24) is 19.7 Å². The summed E-state index contributed by atoms with van der Waals surface area (Å²) in [5, 5.41) is 4.67. The number of likely N-dealkylation sites (tertiary alicyclic amines) is 1. The molecule has 0 saturated carbocycles. The number of benzene rings is 1. The monoisotopic (exact) mass is 340 g/mol. The Hall–Kier alpha value is -1.68. The minimum atomic E-state index is 0.519. The van der Waals surface area contributed by atoms with E-state index in [2.05, 4.69) is 62.0 Å². The molecule has 25 heavy (non-hydrogen) atoms. The van der Waals surface area contributed by atoms with Gasteiger partial charge in [-0.15, -0.1) is 0 Å². The van der Waals surface area contributed by atoms with Crippen LogP contribution in [0.2, 0.25) is 0 Å². The van der Waals surface area contributed by atoms with E-state index in [4.69, 9.17) is 4.98 Å². The molecule has 1 fully saturated rings. The van der Waals surface area contributed by atoms with Crippen LogP contribution in [0.4, 0.5) is 0 Å². The molecular formula is C21H32N4. The largest absolute Gasteiger partial charge is 0.296 e. The first-order chi connectivity index (χ1) is 11.9. The number of aromatic nitrogens is 3. The number of hydrogen-bond donors (Lipinski definition) is 0. The first kappa shape index (κ1) is 18.1. The molecule has 4 nitrogen and oxygen atoms in total. The maximum atomic E-state index is 4.84. The molecule has 1 aromatic heterocycles. The van der Waals surface area contributed by atoms with Gasteiger partial charge in [0.15, 0.2) is 5.82 Å². The van der Waals surface area contributed by atoms with E-state index in [0.717, 1.165) is 35.6 Å². The normalized spacial score (nSPS) is 16.9. The zero-order valence-corrected chi connectivity index (χ0v) is 16.4. The van der Waals surface area contributed by atoms with Crippen molar-refractivity contribution in [2.24, 2.45) is 18.9 Å². The van der Waals surface area contributed by atoms with E-state index in [1.165, 1.54) is 31.5 Å². The van der Waals surface area contributed by atoms with Crippen LogP contribution in [0.5, 0.6) is 0 Å². The Morgan fingerprint density at radius 2 is 1.84 bits per heavy atom. The van der Waals surface area contributed by atoms with Crippen molar-refractivity contribution in [3.8, 4) is 11.4 Å². The molecule has 0 unspecified atom stereocenters. The van der Waals surface area contributed by atoms with Gasteiger partial charge >= 0.3 is 0 Å². The number of nitrogens with zero attached hydrogens (tertiary/aromatic N) is 4. The van der Waals surface area contributed by atoms with E-state index in [-0.39, 0.29) is 0 Å². The lowest BCUT2D eigenvalue weighted by molar-refractivity contribution is 0.148. The van der Waals surface area contributed by atoms with E-state index >= 15 is 0 Å². The van der Waals surface area contributed by atoms with Gasteiger partial charge in [-0.05, 0) is 55.3 Å².